The summed E-state index contributed by atoms with van der Waals surface area (Å²) in [5.74, 6) is 1.12. The summed E-state index contributed by atoms with van der Waals surface area (Å²) in [5.41, 5.74) is 3.89. The minimum Gasteiger partial charge on any atom is -0.354 e. The predicted molar refractivity (Wildman–Crippen MR) is 86.0 cm³/mol. The third kappa shape index (κ3) is 2.31. The molecule has 22 heavy (non-hydrogen) atoms. The highest BCUT2D eigenvalue weighted by Gasteiger charge is 2.16. The van der Waals surface area contributed by atoms with Crippen LogP contribution in [0.1, 0.15) is 5.69 Å². The van der Waals surface area contributed by atoms with Gasteiger partial charge in [0.15, 0.2) is 5.65 Å². The van der Waals surface area contributed by atoms with Crippen molar-refractivity contribution in [3.05, 3.63) is 42.4 Å². The van der Waals surface area contributed by atoms with Gasteiger partial charge in [-0.3, -0.25) is 4.98 Å². The van der Waals surface area contributed by atoms with Crippen LogP contribution in [-0.2, 0) is 0 Å². The molecule has 4 heterocycles. The number of aryl methyl sites for hydroxylation is 1. The molecular weight excluding hydrogens is 276 g/mol. The van der Waals surface area contributed by atoms with Crippen molar-refractivity contribution in [2.75, 3.05) is 31.1 Å². The van der Waals surface area contributed by atoms with Crippen LogP contribution in [0.5, 0.6) is 0 Å². The zero-order chi connectivity index (χ0) is 14.9. The van der Waals surface area contributed by atoms with Crippen LogP contribution in [0, 0.1) is 6.92 Å². The van der Waals surface area contributed by atoms with Crippen molar-refractivity contribution in [3.63, 3.8) is 0 Å². The highest BCUT2D eigenvalue weighted by Crippen LogP contribution is 2.23. The average Bonchev–Trinajstić information content (AvgIpc) is 2.99. The Morgan fingerprint density at radius 1 is 1.09 bits per heavy atom. The molecule has 1 aliphatic heterocycles. The van der Waals surface area contributed by atoms with E-state index in [1.807, 2.05) is 29.6 Å². The van der Waals surface area contributed by atoms with Crippen LogP contribution in [-0.4, -0.2) is 45.8 Å². The van der Waals surface area contributed by atoms with Crippen LogP contribution in [0.2, 0.25) is 0 Å². The Balaban J connectivity index is 1.84. The van der Waals surface area contributed by atoms with Crippen molar-refractivity contribution in [1.29, 1.82) is 0 Å². The van der Waals surface area contributed by atoms with Gasteiger partial charge in [-0.2, -0.15) is 9.61 Å². The Morgan fingerprint density at radius 3 is 2.64 bits per heavy atom. The second-order valence-electron chi connectivity index (χ2n) is 5.53. The standard InChI is InChI=1S/C16H18N6/c1-12-10-16(21-8-6-18-7-9-21)22-15(19-12)11-14(20-22)13-2-4-17-5-3-13/h2-5,10-11,18H,6-9H2,1H3. The quantitative estimate of drug-likeness (QED) is 0.776. The van der Waals surface area contributed by atoms with E-state index in [1.165, 1.54) is 0 Å². The maximum atomic E-state index is 4.76. The van der Waals surface area contributed by atoms with Crippen molar-refractivity contribution < 1.29 is 0 Å². The summed E-state index contributed by atoms with van der Waals surface area (Å²) >= 11 is 0. The lowest BCUT2D eigenvalue weighted by atomic mass is 10.2. The van der Waals surface area contributed by atoms with Crippen LogP contribution in [0.3, 0.4) is 0 Å². The molecule has 0 spiro atoms. The molecule has 0 atom stereocenters. The number of hydrogen-bond acceptors (Lipinski definition) is 5. The number of pyridine rings is 1. The molecule has 6 nitrogen and oxygen atoms in total. The first kappa shape index (κ1) is 13.2. The van der Waals surface area contributed by atoms with E-state index in [-0.39, 0.29) is 0 Å². The van der Waals surface area contributed by atoms with Crippen LogP contribution < -0.4 is 10.2 Å². The van der Waals surface area contributed by atoms with Crippen molar-refractivity contribution >= 4 is 11.5 Å². The molecule has 0 aromatic carbocycles. The van der Waals surface area contributed by atoms with E-state index in [9.17, 15) is 0 Å². The van der Waals surface area contributed by atoms with Crippen molar-refractivity contribution in [2.24, 2.45) is 0 Å². The summed E-state index contributed by atoms with van der Waals surface area (Å²) in [5, 5.41) is 8.15. The summed E-state index contributed by atoms with van der Waals surface area (Å²) in [6.07, 6.45) is 3.57. The highest BCUT2D eigenvalue weighted by atomic mass is 15.4. The van der Waals surface area contributed by atoms with Gasteiger partial charge in [0.1, 0.15) is 5.82 Å². The molecule has 1 N–H and O–H groups in total. The zero-order valence-electron chi connectivity index (χ0n) is 12.5. The molecule has 0 amide bonds. The van der Waals surface area contributed by atoms with E-state index < -0.39 is 0 Å². The van der Waals surface area contributed by atoms with E-state index in [2.05, 4.69) is 26.3 Å². The smallest absolute Gasteiger partial charge is 0.158 e. The zero-order valence-corrected chi connectivity index (χ0v) is 12.5. The molecular formula is C16H18N6. The fourth-order valence-corrected chi connectivity index (χ4v) is 2.86. The van der Waals surface area contributed by atoms with Crippen molar-refractivity contribution in [3.8, 4) is 11.3 Å². The SMILES string of the molecule is Cc1cc(N2CCNCC2)n2nc(-c3ccncc3)cc2n1. The fraction of sp³-hybridized carbons (Fsp3) is 0.312. The Labute approximate surface area is 128 Å². The number of aromatic nitrogens is 4. The number of fused-ring (bicyclic) bond motifs is 1. The first-order chi connectivity index (χ1) is 10.8. The predicted octanol–water partition coefficient (Wildman–Crippen LogP) is 1.51. The normalized spacial score (nSPS) is 15.4. The molecule has 4 rings (SSSR count). The van der Waals surface area contributed by atoms with Gasteiger partial charge in [-0.15, -0.1) is 0 Å². The van der Waals surface area contributed by atoms with Gasteiger partial charge in [0, 0.05) is 62.0 Å². The molecule has 0 aliphatic carbocycles. The van der Waals surface area contributed by atoms with Crippen LogP contribution in [0.4, 0.5) is 5.82 Å². The first-order valence-corrected chi connectivity index (χ1v) is 7.55. The first-order valence-electron chi connectivity index (χ1n) is 7.55. The number of nitrogens with one attached hydrogen (secondary N) is 1. The van der Waals surface area contributed by atoms with Gasteiger partial charge in [-0.05, 0) is 19.1 Å². The van der Waals surface area contributed by atoms with Crippen LogP contribution in [0.25, 0.3) is 16.9 Å². The molecule has 1 fully saturated rings. The lowest BCUT2D eigenvalue weighted by Gasteiger charge is -2.29. The highest BCUT2D eigenvalue weighted by molar-refractivity contribution is 5.65. The summed E-state index contributed by atoms with van der Waals surface area (Å²) < 4.78 is 1.95. The summed E-state index contributed by atoms with van der Waals surface area (Å²) in [4.78, 5) is 11.0. The Kier molecular flexibility index (Phi) is 3.23. The van der Waals surface area contributed by atoms with Crippen LogP contribution >= 0.6 is 0 Å². The largest absolute Gasteiger partial charge is 0.354 e. The number of hydrogen-bond donors (Lipinski definition) is 1. The molecule has 3 aromatic heterocycles. The Morgan fingerprint density at radius 2 is 1.86 bits per heavy atom. The van der Waals surface area contributed by atoms with Gasteiger partial charge < -0.3 is 10.2 Å². The number of rotatable bonds is 2. The van der Waals surface area contributed by atoms with Gasteiger partial charge >= 0.3 is 0 Å². The minimum absolute atomic E-state index is 0.889. The topological polar surface area (TPSA) is 58.4 Å². The van der Waals surface area contributed by atoms with Gasteiger partial charge in [-0.25, -0.2) is 4.98 Å². The Bertz CT molecular complexity index is 789. The van der Waals surface area contributed by atoms with Gasteiger partial charge in [0.2, 0.25) is 0 Å². The maximum absolute atomic E-state index is 4.76. The average molecular weight is 294 g/mol. The molecule has 3 aromatic rings. The molecule has 6 heteroatoms. The maximum Gasteiger partial charge on any atom is 0.158 e. The monoisotopic (exact) mass is 294 g/mol. The summed E-state index contributed by atoms with van der Waals surface area (Å²) in [6, 6.07) is 8.09. The molecule has 0 radical (unpaired) electrons. The summed E-state index contributed by atoms with van der Waals surface area (Å²) in [7, 11) is 0. The molecule has 0 saturated carbocycles. The van der Waals surface area contributed by atoms with Crippen LogP contribution in [0.15, 0.2) is 36.7 Å². The number of nitrogens with zero attached hydrogens (tertiary/aromatic N) is 5. The molecule has 0 bridgehead atoms. The summed E-state index contributed by atoms with van der Waals surface area (Å²) in [6.45, 7) is 6.01. The molecule has 0 unspecified atom stereocenters. The fourth-order valence-electron chi connectivity index (χ4n) is 2.86. The number of piperazine rings is 1. The molecule has 1 aliphatic rings. The number of anilines is 1. The second kappa shape index (κ2) is 5.38. The van der Waals surface area contributed by atoms with E-state index in [0.29, 0.717) is 0 Å². The van der Waals surface area contributed by atoms with E-state index in [4.69, 9.17) is 5.10 Å². The van der Waals surface area contributed by atoms with Crippen molar-refractivity contribution in [2.45, 2.75) is 6.92 Å². The third-order valence-corrected chi connectivity index (χ3v) is 3.95. The van der Waals surface area contributed by atoms with Gasteiger partial charge in [0.05, 0.1) is 5.69 Å². The molecule has 1 saturated heterocycles. The van der Waals surface area contributed by atoms with Crippen molar-refractivity contribution in [1.82, 2.24) is 24.9 Å². The van der Waals surface area contributed by atoms with Gasteiger partial charge in [-0.1, -0.05) is 0 Å². The van der Waals surface area contributed by atoms with E-state index in [1.54, 1.807) is 12.4 Å². The lowest BCUT2D eigenvalue weighted by Crippen LogP contribution is -2.44. The second-order valence-corrected chi connectivity index (χ2v) is 5.53. The minimum atomic E-state index is 0.889. The third-order valence-electron chi connectivity index (χ3n) is 3.95. The molecule has 112 valence electrons. The Hall–Kier alpha value is -2.47. The lowest BCUT2D eigenvalue weighted by molar-refractivity contribution is 0.579. The van der Waals surface area contributed by atoms with E-state index in [0.717, 1.165) is 54.6 Å². The van der Waals surface area contributed by atoms with E-state index >= 15 is 0 Å². The van der Waals surface area contributed by atoms with Gasteiger partial charge in [0.25, 0.3) is 0 Å².